The first-order valence-corrected chi connectivity index (χ1v) is 5.03. The van der Waals surface area contributed by atoms with Gasteiger partial charge in [-0.3, -0.25) is 4.18 Å². The molecule has 0 bridgehead atoms. The van der Waals surface area contributed by atoms with Crippen LogP contribution in [0.15, 0.2) is 12.2 Å². The van der Waals surface area contributed by atoms with Gasteiger partial charge in [0.2, 0.25) is 0 Å². The van der Waals surface area contributed by atoms with Gasteiger partial charge in [-0.15, -0.1) is 0 Å². The zero-order valence-electron chi connectivity index (χ0n) is 7.93. The molecule has 0 aromatic heterocycles. The van der Waals surface area contributed by atoms with Gasteiger partial charge < -0.3 is 0 Å². The highest BCUT2D eigenvalue weighted by Gasteiger charge is 2.16. The van der Waals surface area contributed by atoms with Gasteiger partial charge in [0.25, 0.3) is 0 Å². The van der Waals surface area contributed by atoms with Crippen LogP contribution in [0.2, 0.25) is 0 Å². The first-order valence-electron chi connectivity index (χ1n) is 3.55. The van der Waals surface area contributed by atoms with Crippen molar-refractivity contribution in [1.29, 1.82) is 0 Å². The monoisotopic (exact) mass is 186 g/mol. The second-order valence-corrected chi connectivity index (χ2v) is 3.99. The smallest absolute Gasteiger partial charge is 0.153 e. The molecule has 0 spiro atoms. The molecule has 0 saturated heterocycles. The maximum atomic E-state index is 10.7. The second-order valence-electron chi connectivity index (χ2n) is 3.03. The molecule has 1 atom stereocenters. The quantitative estimate of drug-likeness (QED) is 0.613. The van der Waals surface area contributed by atoms with E-state index in [1.54, 1.807) is 13.8 Å². The van der Waals surface area contributed by atoms with E-state index in [9.17, 15) is 4.21 Å². The van der Waals surface area contributed by atoms with Crippen molar-refractivity contribution in [2.75, 3.05) is 6.26 Å². The summed E-state index contributed by atoms with van der Waals surface area (Å²) in [5.41, 5.74) is 0.104. The van der Waals surface area contributed by atoms with Gasteiger partial charge in [-0.1, -0.05) is 18.4 Å². The molecular formula is C9H14O2S. The van der Waals surface area contributed by atoms with Crippen LogP contribution in [0.3, 0.4) is 0 Å². The molecule has 0 N–H and O–H groups in total. The summed E-state index contributed by atoms with van der Waals surface area (Å²) in [6.07, 6.45) is 1.48. The standard InChI is InChI=1S/C9H14O2S/c1-8(2)6-7-9(3,4)11-12(5)10/h1H2,2-5H3. The summed E-state index contributed by atoms with van der Waals surface area (Å²) < 4.78 is 15.7. The Bertz CT molecular complexity index is 255. The Hall–Kier alpha value is -0.590. The lowest BCUT2D eigenvalue weighted by Gasteiger charge is -2.15. The van der Waals surface area contributed by atoms with Crippen molar-refractivity contribution in [2.24, 2.45) is 0 Å². The lowest BCUT2D eigenvalue weighted by Crippen LogP contribution is -2.22. The average molecular weight is 186 g/mol. The minimum absolute atomic E-state index is 0.668. The predicted octanol–water partition coefficient (Wildman–Crippen LogP) is 1.65. The van der Waals surface area contributed by atoms with Crippen molar-refractivity contribution in [1.82, 2.24) is 0 Å². The van der Waals surface area contributed by atoms with Crippen molar-refractivity contribution in [3.8, 4) is 11.8 Å². The molecule has 0 saturated carbocycles. The van der Waals surface area contributed by atoms with Crippen LogP contribution < -0.4 is 0 Å². The zero-order valence-corrected chi connectivity index (χ0v) is 8.75. The van der Waals surface area contributed by atoms with E-state index in [2.05, 4.69) is 18.4 Å². The van der Waals surface area contributed by atoms with Crippen LogP contribution in [0.5, 0.6) is 0 Å². The summed E-state index contributed by atoms with van der Waals surface area (Å²) in [6.45, 7) is 8.98. The van der Waals surface area contributed by atoms with Crippen LogP contribution in [0, 0.1) is 11.8 Å². The van der Waals surface area contributed by atoms with Gasteiger partial charge in [-0.05, 0) is 26.3 Å². The highest BCUT2D eigenvalue weighted by atomic mass is 32.2. The third kappa shape index (κ3) is 6.14. The molecule has 0 aliphatic heterocycles. The molecule has 0 rings (SSSR count). The molecule has 0 aromatic carbocycles. The van der Waals surface area contributed by atoms with Crippen molar-refractivity contribution < 1.29 is 8.39 Å². The number of rotatable bonds is 2. The Labute approximate surface area is 76.7 Å². The zero-order chi connectivity index (χ0) is 9.78. The molecule has 12 heavy (non-hydrogen) atoms. The van der Waals surface area contributed by atoms with Gasteiger partial charge in [0, 0.05) is 6.26 Å². The summed E-state index contributed by atoms with van der Waals surface area (Å²) in [5.74, 6) is 5.61. The molecule has 2 nitrogen and oxygen atoms in total. The normalized spacial score (nSPS) is 13.0. The first-order chi connectivity index (χ1) is 5.33. The third-order valence-corrected chi connectivity index (χ3v) is 1.55. The maximum absolute atomic E-state index is 10.7. The summed E-state index contributed by atoms with van der Waals surface area (Å²) in [7, 11) is 0. The molecular weight excluding hydrogens is 172 g/mol. The molecule has 1 unspecified atom stereocenters. The Balaban J connectivity index is 4.34. The van der Waals surface area contributed by atoms with Gasteiger partial charge in [0.05, 0.1) is 0 Å². The SMILES string of the molecule is C=C(C)C#CC(C)(C)OS(C)=O. The Kier molecular flexibility index (Phi) is 4.22. The van der Waals surface area contributed by atoms with Crippen LogP contribution in [0.1, 0.15) is 20.8 Å². The molecule has 0 fully saturated rings. The molecule has 0 amide bonds. The fourth-order valence-corrected chi connectivity index (χ4v) is 1.20. The number of hydrogen-bond acceptors (Lipinski definition) is 2. The van der Waals surface area contributed by atoms with E-state index in [0.717, 1.165) is 5.57 Å². The first kappa shape index (κ1) is 11.4. The highest BCUT2D eigenvalue weighted by molar-refractivity contribution is 7.79. The minimum Gasteiger partial charge on any atom is -0.272 e. The summed E-state index contributed by atoms with van der Waals surface area (Å²) in [4.78, 5) is 0. The van der Waals surface area contributed by atoms with Crippen LogP contribution >= 0.6 is 0 Å². The predicted molar refractivity (Wildman–Crippen MR) is 51.8 cm³/mol. The topological polar surface area (TPSA) is 26.3 Å². The van der Waals surface area contributed by atoms with E-state index in [4.69, 9.17) is 4.18 Å². The van der Waals surface area contributed by atoms with E-state index in [1.165, 1.54) is 6.26 Å². The van der Waals surface area contributed by atoms with Crippen molar-refractivity contribution in [2.45, 2.75) is 26.4 Å². The fraction of sp³-hybridized carbons (Fsp3) is 0.556. The van der Waals surface area contributed by atoms with E-state index in [0.29, 0.717) is 0 Å². The van der Waals surface area contributed by atoms with Crippen LogP contribution in [-0.2, 0) is 15.3 Å². The van der Waals surface area contributed by atoms with Crippen molar-refractivity contribution in [3.63, 3.8) is 0 Å². The minimum atomic E-state index is -1.28. The molecule has 3 heteroatoms. The summed E-state index contributed by atoms with van der Waals surface area (Å²) in [5, 5.41) is 0. The number of hydrogen-bond donors (Lipinski definition) is 0. The maximum Gasteiger partial charge on any atom is 0.153 e. The molecule has 0 aliphatic rings. The average Bonchev–Trinajstić information content (AvgIpc) is 1.81. The van der Waals surface area contributed by atoms with Gasteiger partial charge in [0.15, 0.2) is 11.1 Å². The molecule has 0 heterocycles. The van der Waals surface area contributed by atoms with Gasteiger partial charge in [0.1, 0.15) is 5.60 Å². The van der Waals surface area contributed by atoms with Crippen LogP contribution in [0.4, 0.5) is 0 Å². The second kappa shape index (κ2) is 4.44. The van der Waals surface area contributed by atoms with E-state index in [1.807, 2.05) is 6.92 Å². The fourth-order valence-electron chi connectivity index (χ4n) is 0.571. The lowest BCUT2D eigenvalue weighted by atomic mass is 10.1. The van der Waals surface area contributed by atoms with Gasteiger partial charge in [-0.25, -0.2) is 4.21 Å². The molecule has 0 aliphatic carbocycles. The highest BCUT2D eigenvalue weighted by Crippen LogP contribution is 2.08. The molecule has 0 aromatic rings. The van der Waals surface area contributed by atoms with E-state index < -0.39 is 16.7 Å². The Morgan fingerprint density at radius 2 is 2.08 bits per heavy atom. The Morgan fingerprint density at radius 3 is 2.42 bits per heavy atom. The summed E-state index contributed by atoms with van der Waals surface area (Å²) in [6, 6.07) is 0. The lowest BCUT2D eigenvalue weighted by molar-refractivity contribution is 0.198. The largest absolute Gasteiger partial charge is 0.272 e. The van der Waals surface area contributed by atoms with Gasteiger partial charge in [-0.2, -0.15) is 0 Å². The van der Waals surface area contributed by atoms with Crippen molar-refractivity contribution in [3.05, 3.63) is 12.2 Å². The van der Waals surface area contributed by atoms with Gasteiger partial charge >= 0.3 is 0 Å². The third-order valence-electron chi connectivity index (χ3n) is 0.903. The Morgan fingerprint density at radius 1 is 1.58 bits per heavy atom. The van der Waals surface area contributed by atoms with Crippen LogP contribution in [-0.4, -0.2) is 16.1 Å². The molecule has 68 valence electrons. The van der Waals surface area contributed by atoms with Crippen LogP contribution in [0.25, 0.3) is 0 Å². The molecule has 0 radical (unpaired) electrons. The number of allylic oxidation sites excluding steroid dienone is 1. The van der Waals surface area contributed by atoms with Crippen molar-refractivity contribution >= 4 is 11.1 Å². The van der Waals surface area contributed by atoms with E-state index in [-0.39, 0.29) is 0 Å². The van der Waals surface area contributed by atoms with E-state index >= 15 is 0 Å². The summed E-state index contributed by atoms with van der Waals surface area (Å²) >= 11 is -1.28.